The Kier molecular flexibility index (Phi) is 5.62. The molecule has 0 aromatic carbocycles. The number of rotatable bonds is 6. The normalized spacial score (nSPS) is 37.5. The zero-order valence-corrected chi connectivity index (χ0v) is 12.7. The van der Waals surface area contributed by atoms with E-state index in [1.54, 1.807) is 11.4 Å². The predicted octanol–water partition coefficient (Wildman–Crippen LogP) is -2.24. The van der Waals surface area contributed by atoms with Crippen LogP contribution in [0.4, 0.5) is 0 Å². The standard InChI is InChI=1S/C10H21AsO8/c1-11(2,17)3-7-8(14)9(15)10(16,19-7)18-5-6(13)4-12/h6-9,12-16H,3-5H2,1-2H3/t6?,7-,8-,9-,10-/m1/s1. The molecule has 1 fully saturated rings. The molecule has 5 atom stereocenters. The van der Waals surface area contributed by atoms with Crippen molar-refractivity contribution in [3.05, 3.63) is 0 Å². The molecular formula is C10H21AsO8. The maximum atomic E-state index is 11.7. The second-order valence-corrected chi connectivity index (χ2v) is 12.5. The van der Waals surface area contributed by atoms with Crippen molar-refractivity contribution in [3.8, 4) is 0 Å². The Bertz CT molecular complexity index is 344. The third-order valence-corrected chi connectivity index (χ3v) is 5.31. The molecule has 1 aliphatic heterocycles. The Balaban J connectivity index is 2.68. The van der Waals surface area contributed by atoms with E-state index in [0.29, 0.717) is 0 Å². The first kappa shape index (κ1) is 17.1. The van der Waals surface area contributed by atoms with E-state index in [4.69, 9.17) is 19.7 Å². The Morgan fingerprint density at radius 1 is 1.42 bits per heavy atom. The average molecular weight is 344 g/mol. The third kappa shape index (κ3) is 4.54. The predicted molar refractivity (Wildman–Crippen MR) is 63.9 cm³/mol. The van der Waals surface area contributed by atoms with Crippen molar-refractivity contribution in [3.63, 3.8) is 0 Å². The van der Waals surface area contributed by atoms with Crippen LogP contribution in [-0.4, -0.2) is 82.6 Å². The number of hydrogen-bond acceptors (Lipinski definition) is 8. The monoisotopic (exact) mass is 344 g/mol. The van der Waals surface area contributed by atoms with Crippen LogP contribution >= 0.6 is 0 Å². The van der Waals surface area contributed by atoms with Crippen LogP contribution in [-0.2, 0) is 13.2 Å². The molecule has 0 aromatic rings. The van der Waals surface area contributed by atoms with Gasteiger partial charge in [0.1, 0.15) is 0 Å². The van der Waals surface area contributed by atoms with Crippen LogP contribution in [0.25, 0.3) is 0 Å². The van der Waals surface area contributed by atoms with Crippen LogP contribution in [0.15, 0.2) is 0 Å². The van der Waals surface area contributed by atoms with Crippen LogP contribution in [0, 0.1) is 0 Å². The van der Waals surface area contributed by atoms with Crippen LogP contribution in [0.5, 0.6) is 0 Å². The van der Waals surface area contributed by atoms with Crippen molar-refractivity contribution in [2.45, 2.75) is 47.0 Å². The molecule has 0 saturated carbocycles. The molecule has 19 heavy (non-hydrogen) atoms. The zero-order chi connectivity index (χ0) is 14.8. The van der Waals surface area contributed by atoms with Gasteiger partial charge in [-0.15, -0.1) is 0 Å². The van der Waals surface area contributed by atoms with Crippen LogP contribution in [0.2, 0.25) is 16.6 Å². The number of ether oxygens (including phenoxy) is 2. The fourth-order valence-electron chi connectivity index (χ4n) is 1.74. The molecule has 0 radical (unpaired) electrons. The van der Waals surface area contributed by atoms with E-state index < -0.39 is 57.1 Å². The van der Waals surface area contributed by atoms with Crippen molar-refractivity contribution in [2.75, 3.05) is 13.2 Å². The van der Waals surface area contributed by atoms with Gasteiger partial charge in [-0.25, -0.2) is 0 Å². The minimum atomic E-state index is -3.14. The van der Waals surface area contributed by atoms with Gasteiger partial charge in [-0.05, 0) is 0 Å². The molecule has 0 bridgehead atoms. The number of hydrogen-bond donors (Lipinski definition) is 5. The van der Waals surface area contributed by atoms with Gasteiger partial charge in [0.15, 0.2) is 0 Å². The van der Waals surface area contributed by atoms with Gasteiger partial charge in [0.25, 0.3) is 0 Å². The summed E-state index contributed by atoms with van der Waals surface area (Å²) in [5.41, 5.74) is 3.10. The van der Waals surface area contributed by atoms with E-state index in [1.165, 1.54) is 0 Å². The summed E-state index contributed by atoms with van der Waals surface area (Å²) in [7, 11) is 0. The van der Waals surface area contributed by atoms with E-state index in [2.05, 4.69) is 0 Å². The van der Waals surface area contributed by atoms with Crippen molar-refractivity contribution in [2.24, 2.45) is 0 Å². The molecule has 1 aliphatic rings. The van der Waals surface area contributed by atoms with E-state index >= 15 is 0 Å². The Morgan fingerprint density at radius 2 is 2.00 bits per heavy atom. The first-order chi connectivity index (χ1) is 8.59. The quantitative estimate of drug-likeness (QED) is 0.269. The van der Waals surface area contributed by atoms with E-state index in [9.17, 15) is 19.1 Å². The summed E-state index contributed by atoms with van der Waals surface area (Å²) in [6, 6.07) is 0. The molecule has 9 heteroatoms. The van der Waals surface area contributed by atoms with Crippen LogP contribution < -0.4 is 0 Å². The van der Waals surface area contributed by atoms with Gasteiger partial charge in [0.2, 0.25) is 0 Å². The van der Waals surface area contributed by atoms with Crippen molar-refractivity contribution >= 4 is 13.5 Å². The molecule has 0 spiro atoms. The number of aliphatic hydroxyl groups excluding tert-OH is 4. The van der Waals surface area contributed by atoms with E-state index in [1.807, 2.05) is 0 Å². The fourth-order valence-corrected chi connectivity index (χ4v) is 4.17. The zero-order valence-electron chi connectivity index (χ0n) is 10.8. The summed E-state index contributed by atoms with van der Waals surface area (Å²) in [6.45, 7) is -1.06. The van der Waals surface area contributed by atoms with Gasteiger partial charge < -0.3 is 0 Å². The van der Waals surface area contributed by atoms with Gasteiger partial charge in [-0.2, -0.15) is 0 Å². The fraction of sp³-hybridized carbons (Fsp3) is 1.00. The van der Waals surface area contributed by atoms with E-state index in [-0.39, 0.29) is 5.21 Å². The Morgan fingerprint density at radius 3 is 2.47 bits per heavy atom. The summed E-state index contributed by atoms with van der Waals surface area (Å²) < 4.78 is 21.6. The summed E-state index contributed by atoms with van der Waals surface area (Å²) in [5.74, 6) is -2.48. The molecule has 1 unspecified atom stereocenters. The Hall–Kier alpha value is 0.0784. The second-order valence-electron chi connectivity index (χ2n) is 5.13. The van der Waals surface area contributed by atoms with Crippen molar-refractivity contribution in [1.29, 1.82) is 0 Å². The molecule has 5 N–H and O–H groups in total. The van der Waals surface area contributed by atoms with Gasteiger partial charge in [-0.3, -0.25) is 0 Å². The van der Waals surface area contributed by atoms with E-state index in [0.717, 1.165) is 0 Å². The van der Waals surface area contributed by atoms with Gasteiger partial charge in [0, 0.05) is 0 Å². The van der Waals surface area contributed by atoms with Gasteiger partial charge in [-0.1, -0.05) is 0 Å². The van der Waals surface area contributed by atoms with Gasteiger partial charge >= 0.3 is 112 Å². The topological polar surface area (TPSA) is 137 Å². The molecule has 1 rings (SSSR count). The first-order valence-corrected chi connectivity index (χ1v) is 11.7. The molecule has 1 saturated heterocycles. The van der Waals surface area contributed by atoms with Crippen LogP contribution in [0.3, 0.4) is 0 Å². The van der Waals surface area contributed by atoms with Crippen molar-refractivity contribution in [1.82, 2.24) is 0 Å². The molecule has 114 valence electrons. The molecule has 8 nitrogen and oxygen atoms in total. The van der Waals surface area contributed by atoms with Crippen LogP contribution in [0.1, 0.15) is 0 Å². The van der Waals surface area contributed by atoms with Gasteiger partial charge in [0.05, 0.1) is 0 Å². The minimum absolute atomic E-state index is 0.0324. The van der Waals surface area contributed by atoms with Crippen molar-refractivity contribution < 1.29 is 38.7 Å². The molecule has 0 aliphatic carbocycles. The molecule has 0 amide bonds. The SMILES string of the molecule is C[As](C)(=O)C[C@H]1O[C@](O)(OCC(O)CO)[C@H](O)[C@@H]1O. The Labute approximate surface area is 113 Å². The summed E-state index contributed by atoms with van der Waals surface area (Å²) >= 11 is -3.14. The summed E-state index contributed by atoms with van der Waals surface area (Å²) in [6.07, 6.45) is -5.44. The molecule has 1 heterocycles. The number of aliphatic hydroxyl groups is 5. The molecular weight excluding hydrogens is 323 g/mol. The average Bonchev–Trinajstić information content (AvgIpc) is 2.49. The maximum absolute atomic E-state index is 11.7. The third-order valence-electron chi connectivity index (χ3n) is 2.71. The first-order valence-electron chi connectivity index (χ1n) is 5.82. The molecule has 0 aromatic heterocycles. The summed E-state index contributed by atoms with van der Waals surface area (Å²) in [5, 5.41) is 47.1. The second kappa shape index (κ2) is 6.24. The summed E-state index contributed by atoms with van der Waals surface area (Å²) in [4.78, 5) is 0.